The van der Waals surface area contributed by atoms with E-state index in [-0.39, 0.29) is 12.1 Å². The average molecular weight is 228 g/mol. The molecule has 2 unspecified atom stereocenters. The van der Waals surface area contributed by atoms with Crippen LogP contribution in [0.15, 0.2) is 0 Å². The Morgan fingerprint density at radius 1 is 1.38 bits per heavy atom. The molecule has 2 atom stereocenters. The number of nitrogens with one attached hydrogen (secondary N) is 2. The first-order chi connectivity index (χ1) is 7.50. The van der Waals surface area contributed by atoms with Crippen molar-refractivity contribution in [1.29, 1.82) is 0 Å². The van der Waals surface area contributed by atoms with Crippen molar-refractivity contribution in [2.24, 2.45) is 11.8 Å². The van der Waals surface area contributed by atoms with E-state index in [0.29, 0.717) is 18.9 Å². The van der Waals surface area contributed by atoms with Gasteiger partial charge in [0.05, 0.1) is 5.92 Å². The van der Waals surface area contributed by atoms with Gasteiger partial charge in [0.2, 0.25) is 0 Å². The van der Waals surface area contributed by atoms with Crippen LogP contribution in [0.5, 0.6) is 0 Å². The number of urea groups is 1. The second kappa shape index (κ2) is 5.72. The Bertz CT molecular complexity index is 264. The van der Waals surface area contributed by atoms with Crippen molar-refractivity contribution in [3.05, 3.63) is 0 Å². The third-order valence-electron chi connectivity index (χ3n) is 2.97. The summed E-state index contributed by atoms with van der Waals surface area (Å²) in [5.41, 5.74) is 0. The third kappa shape index (κ3) is 4.51. The first kappa shape index (κ1) is 12.8. The Morgan fingerprint density at radius 3 is 2.50 bits per heavy atom. The maximum atomic E-state index is 11.4. The topological polar surface area (TPSA) is 78.4 Å². The highest BCUT2D eigenvalue weighted by Gasteiger charge is 2.28. The van der Waals surface area contributed by atoms with E-state index < -0.39 is 11.9 Å². The van der Waals surface area contributed by atoms with E-state index in [9.17, 15) is 9.59 Å². The van der Waals surface area contributed by atoms with Crippen LogP contribution < -0.4 is 10.6 Å². The second-order valence-corrected chi connectivity index (χ2v) is 4.55. The standard InChI is InChI=1S/C11H20N2O3/c1-7(10(14)15)5-6-12-11(16)13-8(2)9-3-4-9/h7-9H,3-6H2,1-2H3,(H,14,15)(H2,12,13,16). The molecular weight excluding hydrogens is 208 g/mol. The zero-order valence-corrected chi connectivity index (χ0v) is 9.82. The third-order valence-corrected chi connectivity index (χ3v) is 2.97. The summed E-state index contributed by atoms with van der Waals surface area (Å²) in [6.45, 7) is 4.03. The molecule has 0 heterocycles. The highest BCUT2D eigenvalue weighted by molar-refractivity contribution is 5.74. The summed E-state index contributed by atoms with van der Waals surface area (Å²) in [5.74, 6) is -0.613. The fourth-order valence-electron chi connectivity index (χ4n) is 1.50. The summed E-state index contributed by atoms with van der Waals surface area (Å²) in [5, 5.41) is 14.2. The van der Waals surface area contributed by atoms with Crippen LogP contribution in [0.3, 0.4) is 0 Å². The summed E-state index contributed by atoms with van der Waals surface area (Å²) >= 11 is 0. The van der Waals surface area contributed by atoms with Crippen LogP contribution in [0.25, 0.3) is 0 Å². The molecule has 0 radical (unpaired) electrons. The molecule has 2 amide bonds. The van der Waals surface area contributed by atoms with Gasteiger partial charge in [-0.15, -0.1) is 0 Å². The summed E-state index contributed by atoms with van der Waals surface area (Å²) in [7, 11) is 0. The van der Waals surface area contributed by atoms with Crippen LogP contribution in [0, 0.1) is 11.8 Å². The van der Waals surface area contributed by atoms with Gasteiger partial charge >= 0.3 is 12.0 Å². The number of carbonyl (C=O) groups excluding carboxylic acids is 1. The first-order valence-electron chi connectivity index (χ1n) is 5.78. The summed E-state index contributed by atoms with van der Waals surface area (Å²) in [6, 6.07) is 0.0221. The van der Waals surface area contributed by atoms with Gasteiger partial charge in [-0.25, -0.2) is 4.79 Å². The van der Waals surface area contributed by atoms with Crippen LogP contribution in [-0.4, -0.2) is 29.7 Å². The van der Waals surface area contributed by atoms with E-state index in [1.807, 2.05) is 6.92 Å². The van der Waals surface area contributed by atoms with Gasteiger partial charge in [0.25, 0.3) is 0 Å². The molecule has 0 spiro atoms. The summed E-state index contributed by atoms with van der Waals surface area (Å²) in [6.07, 6.45) is 2.84. The highest BCUT2D eigenvalue weighted by atomic mass is 16.4. The smallest absolute Gasteiger partial charge is 0.315 e. The van der Waals surface area contributed by atoms with E-state index in [4.69, 9.17) is 5.11 Å². The Labute approximate surface area is 95.6 Å². The summed E-state index contributed by atoms with van der Waals surface area (Å²) in [4.78, 5) is 21.9. The van der Waals surface area contributed by atoms with E-state index in [2.05, 4.69) is 10.6 Å². The molecule has 0 aromatic rings. The molecule has 3 N–H and O–H groups in total. The second-order valence-electron chi connectivity index (χ2n) is 4.55. The van der Waals surface area contributed by atoms with Gasteiger partial charge in [0, 0.05) is 12.6 Å². The fourth-order valence-corrected chi connectivity index (χ4v) is 1.50. The zero-order valence-electron chi connectivity index (χ0n) is 9.82. The molecule has 1 saturated carbocycles. The van der Waals surface area contributed by atoms with Gasteiger partial charge in [0.1, 0.15) is 0 Å². The number of amides is 2. The lowest BCUT2D eigenvalue weighted by molar-refractivity contribution is -0.141. The Kier molecular flexibility index (Phi) is 4.58. The normalized spacial score (nSPS) is 18.6. The van der Waals surface area contributed by atoms with E-state index in [0.717, 1.165) is 0 Å². The minimum absolute atomic E-state index is 0.197. The van der Waals surface area contributed by atoms with Gasteiger partial charge in [0.15, 0.2) is 0 Å². The van der Waals surface area contributed by atoms with Crippen LogP contribution in [0.2, 0.25) is 0 Å². The predicted molar refractivity (Wildman–Crippen MR) is 60.1 cm³/mol. The van der Waals surface area contributed by atoms with Crippen molar-refractivity contribution in [2.75, 3.05) is 6.54 Å². The number of aliphatic carboxylic acids is 1. The Hall–Kier alpha value is -1.26. The maximum Gasteiger partial charge on any atom is 0.315 e. The quantitative estimate of drug-likeness (QED) is 0.639. The summed E-state index contributed by atoms with van der Waals surface area (Å²) < 4.78 is 0. The lowest BCUT2D eigenvalue weighted by Gasteiger charge is -2.14. The minimum Gasteiger partial charge on any atom is -0.481 e. The lowest BCUT2D eigenvalue weighted by Crippen LogP contribution is -2.42. The Morgan fingerprint density at radius 2 is 2.00 bits per heavy atom. The molecule has 1 rings (SSSR count). The highest BCUT2D eigenvalue weighted by Crippen LogP contribution is 2.32. The fraction of sp³-hybridized carbons (Fsp3) is 0.818. The monoisotopic (exact) mass is 228 g/mol. The molecule has 92 valence electrons. The molecule has 0 aromatic carbocycles. The number of hydrogen-bond acceptors (Lipinski definition) is 2. The van der Waals surface area contributed by atoms with Crippen molar-refractivity contribution >= 4 is 12.0 Å². The van der Waals surface area contributed by atoms with Crippen molar-refractivity contribution in [3.63, 3.8) is 0 Å². The molecule has 0 saturated heterocycles. The van der Waals surface area contributed by atoms with Crippen LogP contribution >= 0.6 is 0 Å². The average Bonchev–Trinajstić information content (AvgIpc) is 3.00. The number of rotatable bonds is 6. The maximum absolute atomic E-state index is 11.4. The van der Waals surface area contributed by atoms with Crippen molar-refractivity contribution in [1.82, 2.24) is 10.6 Å². The van der Waals surface area contributed by atoms with Crippen LogP contribution in [0.4, 0.5) is 4.79 Å². The van der Waals surface area contributed by atoms with Crippen molar-refractivity contribution < 1.29 is 14.7 Å². The largest absolute Gasteiger partial charge is 0.481 e. The van der Waals surface area contributed by atoms with Gasteiger partial charge in [-0.05, 0) is 32.1 Å². The molecule has 0 aliphatic heterocycles. The van der Waals surface area contributed by atoms with Crippen LogP contribution in [0.1, 0.15) is 33.1 Å². The number of carbonyl (C=O) groups is 2. The van der Waals surface area contributed by atoms with Crippen molar-refractivity contribution in [2.45, 2.75) is 39.2 Å². The molecule has 5 nitrogen and oxygen atoms in total. The molecule has 0 aromatic heterocycles. The van der Waals surface area contributed by atoms with Gasteiger partial charge in [-0.3, -0.25) is 4.79 Å². The Balaban J connectivity index is 2.07. The molecule has 1 fully saturated rings. The molecule has 0 bridgehead atoms. The zero-order chi connectivity index (χ0) is 12.1. The van der Waals surface area contributed by atoms with Gasteiger partial charge < -0.3 is 15.7 Å². The molecule has 1 aliphatic carbocycles. The molecule has 16 heavy (non-hydrogen) atoms. The molecular formula is C11H20N2O3. The number of carboxylic acids is 1. The predicted octanol–water partition coefficient (Wildman–Crippen LogP) is 1.19. The first-order valence-corrected chi connectivity index (χ1v) is 5.78. The van der Waals surface area contributed by atoms with Crippen molar-refractivity contribution in [3.8, 4) is 0 Å². The minimum atomic E-state index is -0.825. The molecule has 1 aliphatic rings. The number of hydrogen-bond donors (Lipinski definition) is 3. The number of carboxylic acid groups (broad SMARTS) is 1. The SMILES string of the molecule is CC(CCNC(=O)NC(C)C1CC1)C(=O)O. The van der Waals surface area contributed by atoms with Crippen LogP contribution in [-0.2, 0) is 4.79 Å². The molecule has 5 heteroatoms. The van der Waals surface area contributed by atoms with E-state index >= 15 is 0 Å². The van der Waals surface area contributed by atoms with E-state index in [1.165, 1.54) is 12.8 Å². The lowest BCUT2D eigenvalue weighted by atomic mass is 10.1. The van der Waals surface area contributed by atoms with Gasteiger partial charge in [-0.2, -0.15) is 0 Å². The van der Waals surface area contributed by atoms with E-state index in [1.54, 1.807) is 6.92 Å². The van der Waals surface area contributed by atoms with Gasteiger partial charge in [-0.1, -0.05) is 6.92 Å².